The van der Waals surface area contributed by atoms with Crippen LogP contribution in [-0.2, 0) is 4.79 Å². The number of aromatic amines is 1. The third-order valence-electron chi connectivity index (χ3n) is 4.91. The van der Waals surface area contributed by atoms with Crippen molar-refractivity contribution in [2.75, 3.05) is 18.0 Å². The maximum Gasteiger partial charge on any atom is 0.389 e. The van der Waals surface area contributed by atoms with Gasteiger partial charge in [0.25, 0.3) is 0 Å². The molecule has 0 spiro atoms. The van der Waals surface area contributed by atoms with E-state index in [-0.39, 0.29) is 6.04 Å². The Morgan fingerprint density at radius 1 is 1.32 bits per heavy atom. The summed E-state index contributed by atoms with van der Waals surface area (Å²) in [5.74, 6) is -0.567. The van der Waals surface area contributed by atoms with Crippen molar-refractivity contribution in [2.45, 2.75) is 37.9 Å². The van der Waals surface area contributed by atoms with Crippen molar-refractivity contribution >= 4 is 33.7 Å². The quantitative estimate of drug-likeness (QED) is 0.713. The topological polar surface area (TPSA) is 86.8 Å². The van der Waals surface area contributed by atoms with E-state index < -0.39 is 24.9 Å². The van der Waals surface area contributed by atoms with Crippen molar-refractivity contribution in [1.29, 1.82) is 0 Å². The zero-order valence-corrected chi connectivity index (χ0v) is 15.0. The van der Waals surface area contributed by atoms with Crippen LogP contribution >= 0.6 is 0 Å². The average Bonchev–Trinajstić information content (AvgIpc) is 3.15. The molecule has 1 aliphatic heterocycles. The van der Waals surface area contributed by atoms with Gasteiger partial charge in [0.15, 0.2) is 11.3 Å². The van der Waals surface area contributed by atoms with Crippen molar-refractivity contribution in [3.8, 4) is 0 Å². The summed E-state index contributed by atoms with van der Waals surface area (Å²) in [5.41, 5.74) is 2.12. The summed E-state index contributed by atoms with van der Waals surface area (Å²) in [4.78, 5) is 21.3. The smallest absolute Gasteiger partial charge is 0.369 e. The van der Waals surface area contributed by atoms with Crippen molar-refractivity contribution in [2.24, 2.45) is 0 Å². The lowest BCUT2D eigenvalue weighted by molar-refractivity contribution is -0.144. The van der Waals surface area contributed by atoms with Gasteiger partial charge in [0.1, 0.15) is 0 Å². The van der Waals surface area contributed by atoms with Crippen molar-refractivity contribution in [1.82, 2.24) is 25.5 Å². The zero-order valence-electron chi connectivity index (χ0n) is 15.0. The Kier molecular flexibility index (Phi) is 4.78. The zero-order chi connectivity index (χ0) is 19.7. The molecule has 1 unspecified atom stereocenters. The number of alkyl halides is 3. The van der Waals surface area contributed by atoms with E-state index in [1.165, 1.54) is 0 Å². The van der Waals surface area contributed by atoms with Crippen LogP contribution in [0.15, 0.2) is 24.5 Å². The van der Waals surface area contributed by atoms with Crippen molar-refractivity contribution in [3.05, 3.63) is 24.5 Å². The molecule has 0 aliphatic carbocycles. The van der Waals surface area contributed by atoms with E-state index in [1.807, 2.05) is 12.1 Å². The molecule has 1 saturated heterocycles. The van der Waals surface area contributed by atoms with Crippen LogP contribution in [-0.4, -0.2) is 51.4 Å². The van der Waals surface area contributed by atoms with Gasteiger partial charge in [-0.3, -0.25) is 4.79 Å². The Morgan fingerprint density at radius 3 is 3.00 bits per heavy atom. The first-order valence-corrected chi connectivity index (χ1v) is 9.10. The third-order valence-corrected chi connectivity index (χ3v) is 4.91. The van der Waals surface area contributed by atoms with E-state index in [0.717, 1.165) is 35.8 Å². The molecule has 10 heteroatoms. The van der Waals surface area contributed by atoms with Gasteiger partial charge in [0, 0.05) is 43.3 Å². The number of nitrogens with zero attached hydrogens (tertiary/aromatic N) is 4. The molecule has 1 amide bonds. The van der Waals surface area contributed by atoms with Crippen LogP contribution in [0.1, 0.15) is 25.7 Å². The number of H-pyrrole nitrogens is 1. The number of pyridine rings is 1. The van der Waals surface area contributed by atoms with Gasteiger partial charge in [0.05, 0.1) is 17.5 Å². The lowest BCUT2D eigenvalue weighted by atomic mass is 10.0. The number of carbonyl (C=O) groups is 1. The lowest BCUT2D eigenvalue weighted by Crippen LogP contribution is -2.48. The van der Waals surface area contributed by atoms with Crippen molar-refractivity contribution in [3.63, 3.8) is 0 Å². The monoisotopic (exact) mass is 392 g/mol. The molecule has 0 radical (unpaired) electrons. The van der Waals surface area contributed by atoms with E-state index in [4.69, 9.17) is 0 Å². The summed E-state index contributed by atoms with van der Waals surface area (Å²) < 4.78 is 37.0. The van der Waals surface area contributed by atoms with Gasteiger partial charge in [-0.2, -0.15) is 13.2 Å². The van der Waals surface area contributed by atoms with Crippen LogP contribution in [0.25, 0.3) is 22.1 Å². The first kappa shape index (κ1) is 18.5. The molecule has 1 atom stereocenters. The fourth-order valence-electron chi connectivity index (χ4n) is 3.65. The summed E-state index contributed by atoms with van der Waals surface area (Å²) >= 11 is 0. The number of carbonyl (C=O) groups excluding carboxylic acids is 1. The fraction of sp³-hybridized carbons (Fsp3) is 0.444. The van der Waals surface area contributed by atoms with Crippen molar-refractivity contribution < 1.29 is 18.0 Å². The molecule has 4 heterocycles. The van der Waals surface area contributed by atoms with Gasteiger partial charge in [-0.1, -0.05) is 0 Å². The Morgan fingerprint density at radius 2 is 2.18 bits per heavy atom. The predicted octanol–water partition coefficient (Wildman–Crippen LogP) is 2.93. The number of amides is 1. The molecule has 2 N–H and O–H groups in total. The van der Waals surface area contributed by atoms with E-state index >= 15 is 0 Å². The van der Waals surface area contributed by atoms with Crippen LogP contribution in [0.4, 0.5) is 18.9 Å². The Balaban J connectivity index is 1.54. The highest BCUT2D eigenvalue weighted by Crippen LogP contribution is 2.31. The highest BCUT2D eigenvalue weighted by Gasteiger charge is 2.29. The van der Waals surface area contributed by atoms with E-state index in [9.17, 15) is 18.0 Å². The normalized spacial score (nSPS) is 18.0. The second-order valence-corrected chi connectivity index (χ2v) is 6.94. The number of piperidine rings is 1. The minimum atomic E-state index is -4.32. The van der Waals surface area contributed by atoms with Crippen LogP contribution in [0, 0.1) is 0 Å². The molecule has 28 heavy (non-hydrogen) atoms. The van der Waals surface area contributed by atoms with Gasteiger partial charge >= 0.3 is 6.18 Å². The minimum Gasteiger partial charge on any atom is -0.369 e. The van der Waals surface area contributed by atoms with Gasteiger partial charge in [-0.15, -0.1) is 10.2 Å². The number of anilines is 1. The highest BCUT2D eigenvalue weighted by atomic mass is 19.4. The number of rotatable bonds is 4. The van der Waals surface area contributed by atoms with E-state index in [2.05, 4.69) is 30.4 Å². The number of nitrogens with one attached hydrogen (secondary N) is 2. The predicted molar refractivity (Wildman–Crippen MR) is 97.9 cm³/mol. The second kappa shape index (κ2) is 7.25. The number of halogens is 3. The molecule has 1 fully saturated rings. The van der Waals surface area contributed by atoms with Gasteiger partial charge in [0.2, 0.25) is 5.91 Å². The largest absolute Gasteiger partial charge is 0.389 e. The SMILES string of the molecule is O=C(CCC(F)(F)F)NC1CCCN(c2ccnc3nnc4[nH]ccc4c23)C1. The fourth-order valence-corrected chi connectivity index (χ4v) is 3.65. The lowest BCUT2D eigenvalue weighted by Gasteiger charge is -2.35. The first-order chi connectivity index (χ1) is 13.4. The Labute approximate surface area is 158 Å². The average molecular weight is 392 g/mol. The number of hydrogen-bond donors (Lipinski definition) is 2. The summed E-state index contributed by atoms with van der Waals surface area (Å²) in [6.45, 7) is 1.30. The van der Waals surface area contributed by atoms with Gasteiger partial charge in [-0.05, 0) is 25.0 Å². The van der Waals surface area contributed by atoms with Gasteiger partial charge < -0.3 is 15.2 Å². The third kappa shape index (κ3) is 3.85. The first-order valence-electron chi connectivity index (χ1n) is 9.10. The molecular weight excluding hydrogens is 373 g/mol. The summed E-state index contributed by atoms with van der Waals surface area (Å²) in [6.07, 6.45) is -0.966. The Bertz CT molecular complexity index is 1000. The number of aromatic nitrogens is 4. The highest BCUT2D eigenvalue weighted by molar-refractivity contribution is 6.08. The molecule has 0 saturated carbocycles. The summed E-state index contributed by atoms with van der Waals surface area (Å²) in [5, 5.41) is 12.8. The molecule has 4 rings (SSSR count). The summed E-state index contributed by atoms with van der Waals surface area (Å²) in [6, 6.07) is 3.61. The Hall–Kier alpha value is -2.91. The number of hydrogen-bond acceptors (Lipinski definition) is 5. The maximum atomic E-state index is 12.3. The van der Waals surface area contributed by atoms with Gasteiger partial charge in [-0.25, -0.2) is 4.98 Å². The molecule has 3 aromatic heterocycles. The molecule has 1 aliphatic rings. The molecule has 3 aromatic rings. The molecule has 7 nitrogen and oxygen atoms in total. The summed E-state index contributed by atoms with van der Waals surface area (Å²) in [7, 11) is 0. The standard InChI is InChI=1S/C18H19F3N6O/c19-18(20,21)6-3-14(28)24-11-2-1-9-27(10-11)13-5-8-23-17-15(13)12-4-7-22-16(12)25-26-17/h4-5,7-8,11H,1-3,6,9-10H2,(H,22,25)(H,24,28). The maximum absolute atomic E-state index is 12.3. The van der Waals surface area contributed by atoms with Crippen LogP contribution < -0.4 is 10.2 Å². The van der Waals surface area contributed by atoms with Crippen LogP contribution in [0.3, 0.4) is 0 Å². The molecular formula is C18H19F3N6O. The molecule has 0 aromatic carbocycles. The molecule has 0 bridgehead atoms. The minimum absolute atomic E-state index is 0.200. The number of fused-ring (bicyclic) bond motifs is 3. The van der Waals surface area contributed by atoms with E-state index in [0.29, 0.717) is 17.8 Å². The second-order valence-electron chi connectivity index (χ2n) is 6.94. The van der Waals surface area contributed by atoms with Crippen LogP contribution in [0.2, 0.25) is 0 Å². The van der Waals surface area contributed by atoms with E-state index in [1.54, 1.807) is 12.4 Å². The van der Waals surface area contributed by atoms with Crippen LogP contribution in [0.5, 0.6) is 0 Å². The molecule has 148 valence electrons.